The van der Waals surface area contributed by atoms with E-state index in [-0.39, 0.29) is 0 Å². The van der Waals surface area contributed by atoms with Gasteiger partial charge in [0.2, 0.25) is 0 Å². The Hall–Kier alpha value is -0.0400. The van der Waals surface area contributed by atoms with Gasteiger partial charge in [-0.05, 0) is 51.5 Å². The van der Waals surface area contributed by atoms with Crippen LogP contribution in [0.4, 0.5) is 0 Å². The average molecular weight is 197 g/mol. The van der Waals surface area contributed by atoms with Crippen molar-refractivity contribution in [2.45, 2.75) is 59.9 Å². The summed E-state index contributed by atoms with van der Waals surface area (Å²) in [5.41, 5.74) is 0.866. The monoisotopic (exact) mass is 197 g/mol. The van der Waals surface area contributed by atoms with Crippen LogP contribution in [0.15, 0.2) is 0 Å². The van der Waals surface area contributed by atoms with Gasteiger partial charge < -0.3 is 0 Å². The molecule has 0 unspecified atom stereocenters. The zero-order valence-electron chi connectivity index (χ0n) is 10.9. The molecule has 0 spiro atoms. The lowest BCUT2D eigenvalue weighted by Gasteiger charge is -2.32. The maximum atomic E-state index is 2.63. The molecule has 0 bridgehead atoms. The van der Waals surface area contributed by atoms with Crippen molar-refractivity contribution in [3.8, 4) is 0 Å². The Labute approximate surface area is 89.9 Å². The minimum atomic E-state index is 0.368. The molecule has 0 aliphatic carbocycles. The van der Waals surface area contributed by atoms with Crippen LogP contribution in [0.25, 0.3) is 0 Å². The highest BCUT2D eigenvalue weighted by atomic mass is 15.2. The van der Waals surface area contributed by atoms with Gasteiger partial charge in [-0.25, -0.2) is 0 Å². The summed E-state index contributed by atoms with van der Waals surface area (Å²) in [6, 6.07) is 0. The second kappa shape index (κ2) is 3.84. The summed E-state index contributed by atoms with van der Waals surface area (Å²) in [5.74, 6) is 0.925. The van der Waals surface area contributed by atoms with E-state index in [1.165, 1.54) is 25.9 Å². The lowest BCUT2D eigenvalue weighted by Crippen LogP contribution is -2.39. The van der Waals surface area contributed by atoms with Gasteiger partial charge in [0.15, 0.2) is 0 Å². The molecule has 0 saturated carbocycles. The Morgan fingerprint density at radius 1 is 1.07 bits per heavy atom. The van der Waals surface area contributed by atoms with Gasteiger partial charge in [0.05, 0.1) is 0 Å². The Morgan fingerprint density at radius 3 is 2.00 bits per heavy atom. The van der Waals surface area contributed by atoms with Crippen molar-refractivity contribution in [1.82, 2.24) is 4.90 Å². The summed E-state index contributed by atoms with van der Waals surface area (Å²) in [7, 11) is 0. The Bertz CT molecular complexity index is 182. The highest BCUT2D eigenvalue weighted by molar-refractivity contribution is 4.86. The summed E-state index contributed by atoms with van der Waals surface area (Å²) in [5, 5.41) is 0. The highest BCUT2D eigenvalue weighted by Gasteiger charge is 2.31. The van der Waals surface area contributed by atoms with Crippen LogP contribution in [-0.2, 0) is 0 Å². The molecule has 1 nitrogen and oxygen atoms in total. The molecule has 0 aromatic carbocycles. The van der Waals surface area contributed by atoms with Gasteiger partial charge >= 0.3 is 0 Å². The van der Waals surface area contributed by atoms with Crippen LogP contribution < -0.4 is 0 Å². The molecule has 1 heterocycles. The standard InChI is InChI=1S/C13H27N/c1-12(2,3)9-11-7-8-14(10-11)13(4,5)6/h11H,7-10H2,1-6H3/t11-/m1/s1. The molecule has 1 heteroatoms. The number of hydrogen-bond donors (Lipinski definition) is 0. The van der Waals surface area contributed by atoms with Crippen molar-refractivity contribution in [3.63, 3.8) is 0 Å². The molecule has 0 radical (unpaired) electrons. The fourth-order valence-corrected chi connectivity index (χ4v) is 2.47. The predicted octanol–water partition coefficient (Wildman–Crippen LogP) is 3.54. The SMILES string of the molecule is CC(C)(C)C[C@H]1CCN(C(C)(C)C)C1. The van der Waals surface area contributed by atoms with E-state index in [0.717, 1.165) is 5.92 Å². The molecule has 1 saturated heterocycles. The van der Waals surface area contributed by atoms with Crippen LogP contribution in [-0.4, -0.2) is 23.5 Å². The van der Waals surface area contributed by atoms with Crippen molar-refractivity contribution in [1.29, 1.82) is 0 Å². The molecule has 84 valence electrons. The van der Waals surface area contributed by atoms with Gasteiger partial charge in [0.25, 0.3) is 0 Å². The van der Waals surface area contributed by atoms with E-state index < -0.39 is 0 Å². The van der Waals surface area contributed by atoms with Crippen molar-refractivity contribution in [3.05, 3.63) is 0 Å². The zero-order valence-corrected chi connectivity index (χ0v) is 10.9. The third kappa shape index (κ3) is 3.61. The highest BCUT2D eigenvalue weighted by Crippen LogP contribution is 2.32. The van der Waals surface area contributed by atoms with Gasteiger partial charge in [-0.1, -0.05) is 20.8 Å². The number of hydrogen-bond acceptors (Lipinski definition) is 1. The molecule has 1 aliphatic rings. The first-order valence-electron chi connectivity index (χ1n) is 5.93. The molecule has 1 aliphatic heterocycles. The zero-order chi connectivity index (χ0) is 11.0. The number of likely N-dealkylation sites (tertiary alicyclic amines) is 1. The first kappa shape index (κ1) is 12.0. The summed E-state index contributed by atoms with van der Waals surface area (Å²) in [4.78, 5) is 2.63. The molecular weight excluding hydrogens is 170 g/mol. The topological polar surface area (TPSA) is 3.24 Å². The van der Waals surface area contributed by atoms with E-state index in [1.54, 1.807) is 0 Å². The summed E-state index contributed by atoms with van der Waals surface area (Å²) >= 11 is 0. The molecule has 0 aromatic rings. The van der Waals surface area contributed by atoms with E-state index in [2.05, 4.69) is 46.4 Å². The first-order chi connectivity index (χ1) is 6.18. The van der Waals surface area contributed by atoms with Crippen LogP contribution in [0, 0.1) is 11.3 Å². The van der Waals surface area contributed by atoms with Gasteiger partial charge in [0, 0.05) is 12.1 Å². The molecule has 0 N–H and O–H groups in total. The van der Waals surface area contributed by atoms with Crippen LogP contribution in [0.3, 0.4) is 0 Å². The van der Waals surface area contributed by atoms with Crippen LogP contribution >= 0.6 is 0 Å². The first-order valence-corrected chi connectivity index (χ1v) is 5.93. The van der Waals surface area contributed by atoms with Gasteiger partial charge in [-0.2, -0.15) is 0 Å². The van der Waals surface area contributed by atoms with Crippen LogP contribution in [0.5, 0.6) is 0 Å². The largest absolute Gasteiger partial charge is 0.298 e. The lowest BCUT2D eigenvalue weighted by atomic mass is 9.84. The molecule has 1 atom stereocenters. The van der Waals surface area contributed by atoms with Crippen LogP contribution in [0.1, 0.15) is 54.4 Å². The maximum Gasteiger partial charge on any atom is 0.0125 e. The molecule has 1 fully saturated rings. The normalized spacial score (nSPS) is 25.7. The minimum Gasteiger partial charge on any atom is -0.298 e. The minimum absolute atomic E-state index is 0.368. The summed E-state index contributed by atoms with van der Waals surface area (Å²) in [6.45, 7) is 16.6. The van der Waals surface area contributed by atoms with E-state index in [9.17, 15) is 0 Å². The van der Waals surface area contributed by atoms with Gasteiger partial charge in [-0.3, -0.25) is 4.90 Å². The second-order valence-corrected chi connectivity index (χ2v) is 7.04. The maximum absolute atomic E-state index is 2.63. The fraction of sp³-hybridized carbons (Fsp3) is 1.00. The third-order valence-corrected chi connectivity index (χ3v) is 3.14. The third-order valence-electron chi connectivity index (χ3n) is 3.14. The number of nitrogens with zero attached hydrogens (tertiary/aromatic N) is 1. The Balaban J connectivity index is 2.42. The predicted molar refractivity (Wildman–Crippen MR) is 63.5 cm³/mol. The van der Waals surface area contributed by atoms with Crippen molar-refractivity contribution >= 4 is 0 Å². The average Bonchev–Trinajstić information content (AvgIpc) is 2.29. The molecule has 0 aromatic heterocycles. The molecule has 0 amide bonds. The van der Waals surface area contributed by atoms with Gasteiger partial charge in [-0.15, -0.1) is 0 Å². The smallest absolute Gasteiger partial charge is 0.0125 e. The Morgan fingerprint density at radius 2 is 1.64 bits per heavy atom. The van der Waals surface area contributed by atoms with E-state index in [0.29, 0.717) is 11.0 Å². The Kier molecular flexibility index (Phi) is 3.30. The fourth-order valence-electron chi connectivity index (χ4n) is 2.47. The molecular formula is C13H27N. The lowest BCUT2D eigenvalue weighted by molar-refractivity contribution is 0.161. The van der Waals surface area contributed by atoms with Gasteiger partial charge in [0.1, 0.15) is 0 Å². The summed E-state index contributed by atoms with van der Waals surface area (Å²) < 4.78 is 0. The van der Waals surface area contributed by atoms with E-state index in [4.69, 9.17) is 0 Å². The quantitative estimate of drug-likeness (QED) is 0.621. The van der Waals surface area contributed by atoms with E-state index >= 15 is 0 Å². The molecule has 14 heavy (non-hydrogen) atoms. The van der Waals surface area contributed by atoms with Crippen molar-refractivity contribution < 1.29 is 0 Å². The summed E-state index contributed by atoms with van der Waals surface area (Å²) in [6.07, 6.45) is 2.77. The molecule has 1 rings (SSSR count). The van der Waals surface area contributed by atoms with Crippen molar-refractivity contribution in [2.24, 2.45) is 11.3 Å². The number of rotatable bonds is 1. The van der Waals surface area contributed by atoms with Crippen LogP contribution in [0.2, 0.25) is 0 Å². The van der Waals surface area contributed by atoms with Crippen molar-refractivity contribution in [2.75, 3.05) is 13.1 Å². The van der Waals surface area contributed by atoms with E-state index in [1.807, 2.05) is 0 Å². The second-order valence-electron chi connectivity index (χ2n) is 7.04.